The molecule has 2 aromatic carbocycles. The predicted molar refractivity (Wildman–Crippen MR) is 111 cm³/mol. The maximum absolute atomic E-state index is 12.1. The van der Waals surface area contributed by atoms with Crippen molar-refractivity contribution in [1.29, 1.82) is 0 Å². The summed E-state index contributed by atoms with van der Waals surface area (Å²) >= 11 is 11.9. The highest BCUT2D eigenvalue weighted by Gasteiger charge is 2.27. The van der Waals surface area contributed by atoms with Crippen LogP contribution in [0.15, 0.2) is 47.4 Å². The van der Waals surface area contributed by atoms with Gasteiger partial charge in [-0.15, -0.1) is 0 Å². The Morgan fingerprint density at radius 1 is 0.964 bits per heavy atom. The smallest absolute Gasteiger partial charge is 0.240 e. The number of benzene rings is 2. The molecule has 0 saturated heterocycles. The van der Waals surface area contributed by atoms with E-state index in [4.69, 9.17) is 23.2 Å². The van der Waals surface area contributed by atoms with E-state index in [0.29, 0.717) is 35.9 Å². The zero-order valence-electron chi connectivity index (χ0n) is 15.3. The fourth-order valence-electron chi connectivity index (χ4n) is 2.77. The lowest BCUT2D eigenvalue weighted by atomic mass is 10.1. The lowest BCUT2D eigenvalue weighted by molar-refractivity contribution is -0.121. The van der Waals surface area contributed by atoms with Gasteiger partial charge in [0.2, 0.25) is 15.9 Å². The van der Waals surface area contributed by atoms with E-state index in [9.17, 15) is 13.2 Å². The van der Waals surface area contributed by atoms with E-state index >= 15 is 0 Å². The van der Waals surface area contributed by atoms with Gasteiger partial charge in [-0.25, -0.2) is 13.1 Å². The first kappa shape index (κ1) is 21.1. The minimum absolute atomic E-state index is 0.0553. The summed E-state index contributed by atoms with van der Waals surface area (Å²) in [6.45, 7) is 0.500. The Labute approximate surface area is 175 Å². The summed E-state index contributed by atoms with van der Waals surface area (Å²) in [5, 5.41) is 4.02. The molecule has 1 aliphatic rings. The van der Waals surface area contributed by atoms with E-state index in [1.807, 2.05) is 12.1 Å². The Morgan fingerprint density at radius 3 is 2.21 bits per heavy atom. The number of hydrogen-bond acceptors (Lipinski definition) is 3. The fourth-order valence-corrected chi connectivity index (χ4v) is 4.65. The molecule has 0 bridgehead atoms. The third kappa shape index (κ3) is 6.48. The Morgan fingerprint density at radius 2 is 1.61 bits per heavy atom. The SMILES string of the molecule is O=C(CCc1ccc(S(=O)(=O)NC2CC2)cc1)NCCc1cc(Cl)cc(Cl)c1. The van der Waals surface area contributed by atoms with Crippen LogP contribution < -0.4 is 10.0 Å². The molecule has 0 aromatic heterocycles. The largest absolute Gasteiger partial charge is 0.356 e. The molecule has 1 amide bonds. The third-order valence-corrected chi connectivity index (χ3v) is 6.40. The average Bonchev–Trinajstić information content (AvgIpc) is 3.43. The highest BCUT2D eigenvalue weighted by atomic mass is 35.5. The van der Waals surface area contributed by atoms with Crippen LogP contribution in [0.2, 0.25) is 10.0 Å². The maximum atomic E-state index is 12.1. The first-order valence-electron chi connectivity index (χ1n) is 9.15. The van der Waals surface area contributed by atoms with E-state index in [-0.39, 0.29) is 16.8 Å². The molecule has 1 fully saturated rings. The molecule has 150 valence electrons. The van der Waals surface area contributed by atoms with Crippen molar-refractivity contribution in [1.82, 2.24) is 10.0 Å². The second kappa shape index (κ2) is 9.27. The number of amides is 1. The average molecular weight is 441 g/mol. The van der Waals surface area contributed by atoms with Gasteiger partial charge in [0, 0.05) is 29.1 Å². The van der Waals surface area contributed by atoms with Crippen LogP contribution in [0.4, 0.5) is 0 Å². The van der Waals surface area contributed by atoms with E-state index in [1.54, 1.807) is 30.3 Å². The molecule has 0 radical (unpaired) electrons. The number of nitrogens with one attached hydrogen (secondary N) is 2. The van der Waals surface area contributed by atoms with Crippen LogP contribution in [-0.4, -0.2) is 26.9 Å². The highest BCUT2D eigenvalue weighted by molar-refractivity contribution is 7.89. The maximum Gasteiger partial charge on any atom is 0.240 e. The highest BCUT2D eigenvalue weighted by Crippen LogP contribution is 2.22. The Bertz CT molecular complexity index is 922. The molecular weight excluding hydrogens is 419 g/mol. The Kier molecular flexibility index (Phi) is 6.99. The van der Waals surface area contributed by atoms with Crippen LogP contribution in [0, 0.1) is 0 Å². The molecule has 0 unspecified atom stereocenters. The van der Waals surface area contributed by atoms with Crippen LogP contribution in [0.5, 0.6) is 0 Å². The number of aryl methyl sites for hydroxylation is 1. The number of carbonyl (C=O) groups is 1. The lowest BCUT2D eigenvalue weighted by Gasteiger charge is -2.08. The quantitative estimate of drug-likeness (QED) is 0.623. The first-order valence-corrected chi connectivity index (χ1v) is 11.4. The van der Waals surface area contributed by atoms with Crippen LogP contribution in [0.25, 0.3) is 0 Å². The topological polar surface area (TPSA) is 75.3 Å². The molecule has 3 rings (SSSR count). The molecule has 0 spiro atoms. The normalized spacial score (nSPS) is 14.1. The molecule has 0 aliphatic heterocycles. The van der Waals surface area contributed by atoms with E-state index in [0.717, 1.165) is 24.0 Å². The second-order valence-electron chi connectivity index (χ2n) is 6.92. The molecule has 0 atom stereocenters. The molecule has 28 heavy (non-hydrogen) atoms. The van der Waals surface area contributed by atoms with E-state index < -0.39 is 10.0 Å². The standard InChI is InChI=1S/C20H22Cl2N2O3S/c21-16-11-15(12-17(22)13-16)9-10-23-20(25)8-3-14-1-6-19(7-2-14)28(26,27)24-18-4-5-18/h1-2,6-7,11-13,18,24H,3-5,8-10H2,(H,23,25). The molecule has 1 saturated carbocycles. The van der Waals surface area contributed by atoms with Crippen LogP contribution in [0.1, 0.15) is 30.4 Å². The third-order valence-electron chi connectivity index (χ3n) is 4.43. The summed E-state index contributed by atoms with van der Waals surface area (Å²) < 4.78 is 26.9. The zero-order chi connectivity index (χ0) is 20.1. The molecule has 5 nitrogen and oxygen atoms in total. The van der Waals surface area contributed by atoms with Gasteiger partial charge in [-0.3, -0.25) is 4.79 Å². The van der Waals surface area contributed by atoms with Gasteiger partial charge < -0.3 is 5.32 Å². The van der Waals surface area contributed by atoms with Crippen LogP contribution >= 0.6 is 23.2 Å². The monoisotopic (exact) mass is 440 g/mol. The van der Waals surface area contributed by atoms with E-state index in [2.05, 4.69) is 10.0 Å². The summed E-state index contributed by atoms with van der Waals surface area (Å²) in [4.78, 5) is 12.3. The summed E-state index contributed by atoms with van der Waals surface area (Å²) in [7, 11) is -3.44. The van der Waals surface area contributed by atoms with Gasteiger partial charge in [-0.05, 0) is 67.1 Å². The summed E-state index contributed by atoms with van der Waals surface area (Å²) in [6.07, 6.45) is 3.33. The van der Waals surface area contributed by atoms with Crippen molar-refractivity contribution < 1.29 is 13.2 Å². The minimum atomic E-state index is -3.44. The summed E-state index contributed by atoms with van der Waals surface area (Å²) in [6, 6.07) is 12.1. The number of sulfonamides is 1. The van der Waals surface area contributed by atoms with Crippen molar-refractivity contribution in [3.8, 4) is 0 Å². The number of hydrogen-bond donors (Lipinski definition) is 2. The number of halogens is 2. The second-order valence-corrected chi connectivity index (χ2v) is 9.50. The minimum Gasteiger partial charge on any atom is -0.356 e. The summed E-state index contributed by atoms with van der Waals surface area (Å²) in [5.74, 6) is -0.0553. The molecule has 0 heterocycles. The van der Waals surface area contributed by atoms with Gasteiger partial charge in [-0.1, -0.05) is 35.3 Å². The first-order chi connectivity index (χ1) is 13.3. The van der Waals surface area contributed by atoms with Crippen molar-refractivity contribution in [3.05, 3.63) is 63.6 Å². The lowest BCUT2D eigenvalue weighted by Crippen LogP contribution is -2.26. The van der Waals surface area contributed by atoms with Gasteiger partial charge in [0.25, 0.3) is 0 Å². The van der Waals surface area contributed by atoms with E-state index in [1.165, 1.54) is 0 Å². The zero-order valence-corrected chi connectivity index (χ0v) is 17.6. The van der Waals surface area contributed by atoms with Crippen molar-refractivity contribution in [2.75, 3.05) is 6.54 Å². The number of carbonyl (C=O) groups excluding carboxylic acids is 1. The molecule has 8 heteroatoms. The van der Waals surface area contributed by atoms with Crippen molar-refractivity contribution in [3.63, 3.8) is 0 Å². The van der Waals surface area contributed by atoms with Gasteiger partial charge in [0.1, 0.15) is 0 Å². The molecule has 2 aromatic rings. The van der Waals surface area contributed by atoms with Crippen molar-refractivity contribution >= 4 is 39.1 Å². The van der Waals surface area contributed by atoms with Gasteiger partial charge in [-0.2, -0.15) is 0 Å². The van der Waals surface area contributed by atoms with Gasteiger partial charge in [0.05, 0.1) is 4.90 Å². The van der Waals surface area contributed by atoms with Gasteiger partial charge in [0.15, 0.2) is 0 Å². The molecule has 1 aliphatic carbocycles. The summed E-state index contributed by atoms with van der Waals surface area (Å²) in [5.41, 5.74) is 1.89. The number of rotatable bonds is 9. The Hall–Kier alpha value is -1.60. The molecular formula is C20H22Cl2N2O3S. The fraction of sp³-hybridized carbons (Fsp3) is 0.350. The van der Waals surface area contributed by atoms with Crippen molar-refractivity contribution in [2.24, 2.45) is 0 Å². The van der Waals surface area contributed by atoms with Gasteiger partial charge >= 0.3 is 0 Å². The van der Waals surface area contributed by atoms with Crippen molar-refractivity contribution in [2.45, 2.75) is 43.0 Å². The van der Waals surface area contributed by atoms with Crippen LogP contribution in [0.3, 0.4) is 0 Å². The Balaban J connectivity index is 1.42. The molecule has 2 N–H and O–H groups in total. The predicted octanol–water partition coefficient (Wildman–Crippen LogP) is 3.73. The van der Waals surface area contributed by atoms with Crippen LogP contribution in [-0.2, 0) is 27.7 Å².